The molecule has 1 aromatic rings. The van der Waals surface area contributed by atoms with Crippen LogP contribution in [0, 0.1) is 13.8 Å². The Hall–Kier alpha value is -1.55. The summed E-state index contributed by atoms with van der Waals surface area (Å²) in [6.07, 6.45) is 1.40. The molecule has 0 saturated carbocycles. The maximum atomic E-state index is 11.7. The van der Waals surface area contributed by atoms with E-state index in [0.717, 1.165) is 20.9 Å². The fourth-order valence-corrected chi connectivity index (χ4v) is 2.64. The average Bonchev–Trinajstić information content (AvgIpc) is 2.52. The van der Waals surface area contributed by atoms with Gasteiger partial charge in [-0.25, -0.2) is 0 Å². The SMILES string of the molecule is Cc1ccc(C)c(SC2=CC(=O)N(C)C2=O)c1. The van der Waals surface area contributed by atoms with Gasteiger partial charge in [0.1, 0.15) is 0 Å². The van der Waals surface area contributed by atoms with Gasteiger partial charge in [0.05, 0.1) is 4.91 Å². The van der Waals surface area contributed by atoms with Crippen molar-refractivity contribution in [2.45, 2.75) is 18.7 Å². The minimum absolute atomic E-state index is 0.221. The first-order valence-corrected chi connectivity index (χ1v) is 6.09. The van der Waals surface area contributed by atoms with Crippen molar-refractivity contribution >= 4 is 23.6 Å². The van der Waals surface area contributed by atoms with Crippen molar-refractivity contribution in [3.63, 3.8) is 0 Å². The number of hydrogen-bond donors (Lipinski definition) is 0. The molecule has 3 nitrogen and oxygen atoms in total. The van der Waals surface area contributed by atoms with Crippen LogP contribution in [0.2, 0.25) is 0 Å². The molecule has 0 aromatic heterocycles. The number of rotatable bonds is 2. The van der Waals surface area contributed by atoms with Gasteiger partial charge in [0.15, 0.2) is 0 Å². The summed E-state index contributed by atoms with van der Waals surface area (Å²) in [6, 6.07) is 6.07. The van der Waals surface area contributed by atoms with E-state index in [-0.39, 0.29) is 11.8 Å². The number of likely N-dealkylation sites (N-methyl/N-ethyl adjacent to an activating group) is 1. The first-order chi connectivity index (χ1) is 7.99. The van der Waals surface area contributed by atoms with E-state index in [1.807, 2.05) is 32.0 Å². The number of carbonyl (C=O) groups is 2. The Morgan fingerprint density at radius 1 is 1.18 bits per heavy atom. The molecule has 1 heterocycles. The molecule has 1 aliphatic rings. The van der Waals surface area contributed by atoms with Crippen molar-refractivity contribution in [2.24, 2.45) is 0 Å². The van der Waals surface area contributed by atoms with Gasteiger partial charge >= 0.3 is 0 Å². The van der Waals surface area contributed by atoms with Crippen molar-refractivity contribution in [1.82, 2.24) is 4.90 Å². The second kappa shape index (κ2) is 4.37. The molecule has 4 heteroatoms. The van der Waals surface area contributed by atoms with Crippen LogP contribution in [0.1, 0.15) is 11.1 Å². The second-order valence-electron chi connectivity index (χ2n) is 4.08. The summed E-state index contributed by atoms with van der Waals surface area (Å²) in [5.74, 6) is -0.469. The normalized spacial score (nSPS) is 15.5. The molecule has 1 aromatic carbocycles. The van der Waals surface area contributed by atoms with E-state index in [0.29, 0.717) is 4.91 Å². The van der Waals surface area contributed by atoms with E-state index in [1.54, 1.807) is 0 Å². The van der Waals surface area contributed by atoms with E-state index in [4.69, 9.17) is 0 Å². The minimum atomic E-state index is -0.247. The highest BCUT2D eigenvalue weighted by molar-refractivity contribution is 8.04. The summed E-state index contributed by atoms with van der Waals surface area (Å²) in [4.78, 5) is 25.7. The van der Waals surface area contributed by atoms with E-state index >= 15 is 0 Å². The molecule has 2 amide bonds. The molecule has 0 N–H and O–H groups in total. The third kappa shape index (κ3) is 2.26. The van der Waals surface area contributed by atoms with Crippen LogP contribution in [-0.2, 0) is 9.59 Å². The largest absolute Gasteiger partial charge is 0.278 e. The predicted octanol–water partition coefficient (Wildman–Crippen LogP) is 2.28. The molecule has 1 aliphatic heterocycles. The summed E-state index contributed by atoms with van der Waals surface area (Å²) >= 11 is 1.36. The van der Waals surface area contributed by atoms with Crippen LogP contribution in [0.15, 0.2) is 34.1 Å². The van der Waals surface area contributed by atoms with Crippen molar-refractivity contribution in [1.29, 1.82) is 0 Å². The average molecular weight is 247 g/mol. The maximum Gasteiger partial charge on any atom is 0.267 e. The molecular weight excluding hydrogens is 234 g/mol. The van der Waals surface area contributed by atoms with E-state index < -0.39 is 0 Å². The van der Waals surface area contributed by atoms with Crippen molar-refractivity contribution in [3.05, 3.63) is 40.3 Å². The number of amides is 2. The van der Waals surface area contributed by atoms with Crippen LogP contribution in [0.4, 0.5) is 0 Å². The summed E-state index contributed by atoms with van der Waals surface area (Å²) in [7, 11) is 1.50. The quantitative estimate of drug-likeness (QED) is 0.752. The van der Waals surface area contributed by atoms with Crippen LogP contribution in [-0.4, -0.2) is 23.8 Å². The molecule has 0 unspecified atom stereocenters. The van der Waals surface area contributed by atoms with Gasteiger partial charge in [-0.3, -0.25) is 14.5 Å². The molecular formula is C13H13NO2S. The smallest absolute Gasteiger partial charge is 0.267 e. The van der Waals surface area contributed by atoms with Gasteiger partial charge in [-0.2, -0.15) is 0 Å². The molecule has 0 aliphatic carbocycles. The molecule has 0 spiro atoms. The van der Waals surface area contributed by atoms with Crippen LogP contribution in [0.25, 0.3) is 0 Å². The molecule has 0 radical (unpaired) electrons. The Kier molecular flexibility index (Phi) is 3.07. The van der Waals surface area contributed by atoms with Crippen molar-refractivity contribution < 1.29 is 9.59 Å². The molecule has 2 rings (SSSR count). The van der Waals surface area contributed by atoms with Gasteiger partial charge in [-0.05, 0) is 31.0 Å². The Morgan fingerprint density at radius 3 is 2.47 bits per heavy atom. The number of imide groups is 1. The lowest BCUT2D eigenvalue weighted by molar-refractivity contribution is -0.135. The number of aryl methyl sites for hydroxylation is 2. The van der Waals surface area contributed by atoms with E-state index in [2.05, 4.69) is 0 Å². The van der Waals surface area contributed by atoms with Crippen LogP contribution >= 0.6 is 11.8 Å². The highest BCUT2D eigenvalue weighted by atomic mass is 32.2. The third-order valence-electron chi connectivity index (χ3n) is 2.66. The van der Waals surface area contributed by atoms with Crippen LogP contribution in [0.5, 0.6) is 0 Å². The molecule has 88 valence electrons. The Morgan fingerprint density at radius 2 is 1.88 bits per heavy atom. The standard InChI is InChI=1S/C13H13NO2S/c1-8-4-5-9(2)10(6-8)17-11-7-12(15)14(3)13(11)16/h4-7H,1-3H3. The number of benzene rings is 1. The summed E-state index contributed by atoms with van der Waals surface area (Å²) in [5.41, 5.74) is 2.25. The number of thioether (sulfide) groups is 1. The fourth-order valence-electron chi connectivity index (χ4n) is 1.54. The zero-order valence-electron chi connectivity index (χ0n) is 9.98. The highest BCUT2D eigenvalue weighted by Gasteiger charge is 2.28. The summed E-state index contributed by atoms with van der Waals surface area (Å²) in [5, 5.41) is 0. The second-order valence-corrected chi connectivity index (χ2v) is 5.17. The number of hydrogen-bond acceptors (Lipinski definition) is 3. The Labute approximate surface area is 104 Å². The van der Waals surface area contributed by atoms with E-state index in [9.17, 15) is 9.59 Å². The van der Waals surface area contributed by atoms with Gasteiger partial charge in [0.2, 0.25) is 0 Å². The van der Waals surface area contributed by atoms with Crippen molar-refractivity contribution in [3.8, 4) is 0 Å². The van der Waals surface area contributed by atoms with E-state index in [1.165, 1.54) is 24.9 Å². The molecule has 17 heavy (non-hydrogen) atoms. The topological polar surface area (TPSA) is 37.4 Å². The fraction of sp³-hybridized carbons (Fsp3) is 0.231. The van der Waals surface area contributed by atoms with Crippen molar-refractivity contribution in [2.75, 3.05) is 7.05 Å². The minimum Gasteiger partial charge on any atom is -0.278 e. The lowest BCUT2D eigenvalue weighted by Crippen LogP contribution is -2.25. The summed E-state index contributed by atoms with van der Waals surface area (Å²) in [6.45, 7) is 4.00. The first kappa shape index (κ1) is 11.9. The molecule has 0 atom stereocenters. The predicted molar refractivity (Wildman–Crippen MR) is 67.6 cm³/mol. The van der Waals surface area contributed by atoms with Crippen LogP contribution < -0.4 is 0 Å². The lowest BCUT2D eigenvalue weighted by Gasteiger charge is -2.08. The molecule has 0 bridgehead atoms. The zero-order valence-corrected chi connectivity index (χ0v) is 10.8. The van der Waals surface area contributed by atoms with Crippen LogP contribution in [0.3, 0.4) is 0 Å². The van der Waals surface area contributed by atoms with Gasteiger partial charge in [-0.1, -0.05) is 23.9 Å². The maximum absolute atomic E-state index is 11.7. The summed E-state index contributed by atoms with van der Waals surface area (Å²) < 4.78 is 0. The number of carbonyl (C=O) groups excluding carboxylic acids is 2. The Bertz CT molecular complexity index is 534. The highest BCUT2D eigenvalue weighted by Crippen LogP contribution is 2.33. The zero-order chi connectivity index (χ0) is 12.6. The van der Waals surface area contributed by atoms with Gasteiger partial charge in [0.25, 0.3) is 11.8 Å². The van der Waals surface area contributed by atoms with Gasteiger partial charge < -0.3 is 0 Å². The van der Waals surface area contributed by atoms with Gasteiger partial charge in [-0.15, -0.1) is 0 Å². The molecule has 0 saturated heterocycles. The number of nitrogens with zero attached hydrogens (tertiary/aromatic N) is 1. The third-order valence-corrected chi connectivity index (χ3v) is 3.84. The molecule has 0 fully saturated rings. The monoisotopic (exact) mass is 247 g/mol. The lowest BCUT2D eigenvalue weighted by atomic mass is 10.2. The first-order valence-electron chi connectivity index (χ1n) is 5.28. The Balaban J connectivity index is 2.28. The van der Waals surface area contributed by atoms with Gasteiger partial charge in [0, 0.05) is 18.0 Å².